The lowest BCUT2D eigenvalue weighted by Gasteiger charge is -1.78. The maximum atomic E-state index is 10.1. The average Bonchev–Trinajstić information content (AvgIpc) is 1.88. The topological polar surface area (TPSA) is 40.9 Å². The Morgan fingerprint density at radius 1 is 1.56 bits per heavy atom. The Kier molecular flexibility index (Phi) is 12.5. The zero-order valence-electron chi connectivity index (χ0n) is 6.27. The van der Waals surface area contributed by atoms with E-state index in [1.165, 1.54) is 6.92 Å². The quantitative estimate of drug-likeness (QED) is 0.568. The Morgan fingerprint density at radius 3 is 2.11 bits per heavy atom. The van der Waals surface area contributed by atoms with Gasteiger partial charge in [0.15, 0.2) is 0 Å². The monoisotopic (exact) mass is 127 g/mol. The number of nitrogens with zero attached hydrogens (tertiary/aromatic N) is 1. The highest BCUT2D eigenvalue weighted by Crippen LogP contribution is 1.84. The minimum absolute atomic E-state index is 0.0848. The van der Waals surface area contributed by atoms with Crippen molar-refractivity contribution in [2.45, 2.75) is 33.6 Å². The number of carbonyl (C=O) groups excluding carboxylic acids is 1. The number of hydrogen-bond donors (Lipinski definition) is 0. The highest BCUT2D eigenvalue weighted by molar-refractivity contribution is 5.75. The molecule has 0 atom stereocenters. The van der Waals surface area contributed by atoms with Crippen LogP contribution in [0.1, 0.15) is 33.6 Å². The molecule has 0 saturated carbocycles. The molecule has 0 fully saturated rings. The summed E-state index contributed by atoms with van der Waals surface area (Å²) in [6, 6.07) is 1.88. The lowest BCUT2D eigenvalue weighted by atomic mass is 10.2. The van der Waals surface area contributed by atoms with Crippen LogP contribution in [-0.2, 0) is 4.79 Å². The van der Waals surface area contributed by atoms with E-state index in [4.69, 9.17) is 5.26 Å². The van der Waals surface area contributed by atoms with Crippen molar-refractivity contribution in [1.82, 2.24) is 0 Å². The molecule has 2 heteroatoms. The molecule has 0 aromatic heterocycles. The van der Waals surface area contributed by atoms with Gasteiger partial charge in [0.25, 0.3) is 0 Å². The van der Waals surface area contributed by atoms with Gasteiger partial charge in [-0.25, -0.2) is 0 Å². The summed E-state index contributed by atoms with van der Waals surface area (Å²) in [6.45, 7) is 5.48. The molecule has 0 N–H and O–H groups in total. The average molecular weight is 127 g/mol. The van der Waals surface area contributed by atoms with Crippen LogP contribution in [0.5, 0.6) is 0 Å². The Morgan fingerprint density at radius 2 is 2.00 bits per heavy atom. The first-order valence-corrected chi connectivity index (χ1v) is 3.13. The first-order chi connectivity index (χ1) is 4.27. The number of Topliss-reactive ketones (excluding diaryl/α,β-unsaturated/α-hetero) is 1. The second-order valence-corrected chi connectivity index (χ2v) is 1.36. The van der Waals surface area contributed by atoms with Crippen LogP contribution in [0.4, 0.5) is 0 Å². The lowest BCUT2D eigenvalue weighted by Crippen LogP contribution is -1.85. The molecule has 0 spiro atoms. The third-order valence-corrected chi connectivity index (χ3v) is 0.589. The Balaban J connectivity index is 0. The number of carbonyl (C=O) groups is 1. The van der Waals surface area contributed by atoms with Gasteiger partial charge in [-0.05, 0) is 6.92 Å². The first-order valence-electron chi connectivity index (χ1n) is 3.13. The predicted octanol–water partition coefficient (Wildman–Crippen LogP) is 1.91. The molecule has 0 unspecified atom stereocenters. The second-order valence-electron chi connectivity index (χ2n) is 1.36. The molecule has 0 aromatic carbocycles. The molecule has 0 saturated heterocycles. The number of hydrogen-bond acceptors (Lipinski definition) is 2. The van der Waals surface area contributed by atoms with Crippen molar-refractivity contribution in [3.8, 4) is 6.07 Å². The van der Waals surface area contributed by atoms with Gasteiger partial charge in [-0.3, -0.25) is 4.79 Å². The second kappa shape index (κ2) is 10.2. The van der Waals surface area contributed by atoms with E-state index in [0.29, 0.717) is 12.8 Å². The Labute approximate surface area is 56.5 Å². The van der Waals surface area contributed by atoms with Crippen LogP contribution in [0.3, 0.4) is 0 Å². The molecule has 0 amide bonds. The van der Waals surface area contributed by atoms with Crippen LogP contribution in [0, 0.1) is 11.3 Å². The summed E-state index contributed by atoms with van der Waals surface area (Å²) in [5.41, 5.74) is 0. The van der Waals surface area contributed by atoms with E-state index in [2.05, 4.69) is 0 Å². The lowest BCUT2D eigenvalue weighted by molar-refractivity contribution is -0.116. The van der Waals surface area contributed by atoms with Gasteiger partial charge in [0.05, 0.1) is 6.07 Å². The molecule has 0 aliphatic rings. The van der Waals surface area contributed by atoms with Crippen molar-refractivity contribution in [2.75, 3.05) is 0 Å². The van der Waals surface area contributed by atoms with Gasteiger partial charge in [0.2, 0.25) is 0 Å². The summed E-state index contributed by atoms with van der Waals surface area (Å²) in [5, 5.41) is 7.91. The van der Waals surface area contributed by atoms with Crippen molar-refractivity contribution in [3.63, 3.8) is 0 Å². The molecular weight excluding hydrogens is 114 g/mol. The largest absolute Gasteiger partial charge is 0.300 e. The first kappa shape index (κ1) is 11.0. The van der Waals surface area contributed by atoms with Gasteiger partial charge in [-0.15, -0.1) is 0 Å². The van der Waals surface area contributed by atoms with Gasteiger partial charge in [0, 0.05) is 12.8 Å². The van der Waals surface area contributed by atoms with Gasteiger partial charge < -0.3 is 0 Å². The van der Waals surface area contributed by atoms with E-state index in [0.717, 1.165) is 0 Å². The maximum absolute atomic E-state index is 10.1. The highest BCUT2D eigenvalue weighted by atomic mass is 16.1. The van der Waals surface area contributed by atoms with Crippen molar-refractivity contribution < 1.29 is 4.79 Å². The van der Waals surface area contributed by atoms with Crippen molar-refractivity contribution in [1.29, 1.82) is 5.26 Å². The third kappa shape index (κ3) is 19.1. The van der Waals surface area contributed by atoms with Crippen LogP contribution >= 0.6 is 0 Å². The standard InChI is InChI=1S/C5H7NO.C2H6/c1-5(7)3-2-4-6;1-2/h2-3H2,1H3;1-2H3. The summed E-state index contributed by atoms with van der Waals surface area (Å²) in [4.78, 5) is 10.1. The van der Waals surface area contributed by atoms with E-state index < -0.39 is 0 Å². The van der Waals surface area contributed by atoms with Gasteiger partial charge >= 0.3 is 0 Å². The van der Waals surface area contributed by atoms with Crippen LogP contribution in [0.15, 0.2) is 0 Å². The summed E-state index contributed by atoms with van der Waals surface area (Å²) in [6.07, 6.45) is 0.756. The van der Waals surface area contributed by atoms with Crippen LogP contribution < -0.4 is 0 Å². The Hall–Kier alpha value is -0.840. The van der Waals surface area contributed by atoms with Crippen LogP contribution in [0.2, 0.25) is 0 Å². The molecule has 0 aromatic rings. The maximum Gasteiger partial charge on any atom is 0.130 e. The summed E-state index contributed by atoms with van der Waals surface area (Å²) in [7, 11) is 0. The van der Waals surface area contributed by atoms with Gasteiger partial charge in [-0.1, -0.05) is 13.8 Å². The van der Waals surface area contributed by atoms with E-state index in [9.17, 15) is 4.79 Å². The SMILES string of the molecule is CC.CC(=O)CCC#N. The van der Waals surface area contributed by atoms with Crippen LogP contribution in [-0.4, -0.2) is 5.78 Å². The Bertz CT molecular complexity index is 102. The van der Waals surface area contributed by atoms with Gasteiger partial charge in [-0.2, -0.15) is 5.26 Å². The van der Waals surface area contributed by atoms with E-state index in [1.807, 2.05) is 19.9 Å². The fraction of sp³-hybridized carbons (Fsp3) is 0.714. The van der Waals surface area contributed by atoms with Gasteiger partial charge in [0.1, 0.15) is 5.78 Å². The van der Waals surface area contributed by atoms with Crippen molar-refractivity contribution in [2.24, 2.45) is 0 Å². The molecule has 2 nitrogen and oxygen atoms in total. The summed E-state index contributed by atoms with van der Waals surface area (Å²) in [5.74, 6) is 0.0848. The molecule has 9 heavy (non-hydrogen) atoms. The number of rotatable bonds is 2. The fourth-order valence-electron chi connectivity index (χ4n) is 0.232. The fourth-order valence-corrected chi connectivity index (χ4v) is 0.232. The van der Waals surface area contributed by atoms with E-state index in [1.54, 1.807) is 0 Å². The molecule has 0 heterocycles. The highest BCUT2D eigenvalue weighted by Gasteiger charge is 1.87. The normalized spacial score (nSPS) is 6.44. The molecule has 0 rings (SSSR count). The predicted molar refractivity (Wildman–Crippen MR) is 36.9 cm³/mol. The van der Waals surface area contributed by atoms with Crippen molar-refractivity contribution in [3.05, 3.63) is 0 Å². The molecular formula is C7H13NO. The molecule has 0 aliphatic carbocycles. The molecule has 0 aliphatic heterocycles. The zero-order chi connectivity index (χ0) is 7.70. The third-order valence-electron chi connectivity index (χ3n) is 0.589. The smallest absolute Gasteiger partial charge is 0.130 e. The van der Waals surface area contributed by atoms with Crippen molar-refractivity contribution >= 4 is 5.78 Å². The number of nitriles is 1. The molecule has 0 radical (unpaired) electrons. The molecule has 52 valence electrons. The number of ketones is 1. The van der Waals surface area contributed by atoms with E-state index in [-0.39, 0.29) is 5.78 Å². The van der Waals surface area contributed by atoms with E-state index >= 15 is 0 Å². The van der Waals surface area contributed by atoms with Crippen LogP contribution in [0.25, 0.3) is 0 Å². The summed E-state index contributed by atoms with van der Waals surface area (Å²) >= 11 is 0. The molecule has 0 bridgehead atoms. The zero-order valence-corrected chi connectivity index (χ0v) is 6.27. The minimum Gasteiger partial charge on any atom is -0.300 e. The minimum atomic E-state index is 0.0848. The summed E-state index contributed by atoms with van der Waals surface area (Å²) < 4.78 is 0.